The van der Waals surface area contributed by atoms with Crippen LogP contribution in [0.4, 0.5) is 5.69 Å². The van der Waals surface area contributed by atoms with E-state index in [9.17, 15) is 4.79 Å². The zero-order valence-electron chi connectivity index (χ0n) is 13.4. The standard InChI is InChI=1S/C17H17N5O2/c1-12-6-7-16(8-13(12)2)24-10-17(23)19-14-4-3-5-15(9-14)22-11-18-20-21-22/h3-9,11H,10H2,1-2H3,(H,19,23). The molecule has 0 saturated heterocycles. The Hall–Kier alpha value is -3.22. The number of nitrogens with zero attached hydrogens (tertiary/aromatic N) is 4. The number of tetrazole rings is 1. The summed E-state index contributed by atoms with van der Waals surface area (Å²) < 4.78 is 7.04. The van der Waals surface area contributed by atoms with Crippen LogP contribution in [-0.2, 0) is 4.79 Å². The van der Waals surface area contributed by atoms with Crippen LogP contribution in [0.2, 0.25) is 0 Å². The molecule has 7 nitrogen and oxygen atoms in total. The summed E-state index contributed by atoms with van der Waals surface area (Å²) in [6, 6.07) is 13.0. The van der Waals surface area contributed by atoms with Gasteiger partial charge >= 0.3 is 0 Å². The molecule has 0 aliphatic rings. The molecule has 122 valence electrons. The topological polar surface area (TPSA) is 81.9 Å². The lowest BCUT2D eigenvalue weighted by Gasteiger charge is -2.10. The molecular formula is C17H17N5O2. The SMILES string of the molecule is Cc1ccc(OCC(=O)Nc2cccc(-n3cnnn3)c2)cc1C. The highest BCUT2D eigenvalue weighted by atomic mass is 16.5. The van der Waals surface area contributed by atoms with Crippen molar-refractivity contribution < 1.29 is 9.53 Å². The van der Waals surface area contributed by atoms with E-state index >= 15 is 0 Å². The van der Waals surface area contributed by atoms with Gasteiger partial charge < -0.3 is 10.1 Å². The molecule has 1 heterocycles. The van der Waals surface area contributed by atoms with Gasteiger partial charge in [0.1, 0.15) is 12.1 Å². The minimum absolute atomic E-state index is 0.0579. The Kier molecular flexibility index (Phi) is 4.51. The molecule has 0 unspecified atom stereocenters. The number of carbonyl (C=O) groups excluding carboxylic acids is 1. The molecular weight excluding hydrogens is 306 g/mol. The monoisotopic (exact) mass is 323 g/mol. The number of rotatable bonds is 5. The van der Waals surface area contributed by atoms with Crippen LogP contribution in [0, 0.1) is 13.8 Å². The van der Waals surface area contributed by atoms with Crippen molar-refractivity contribution in [3.05, 3.63) is 59.9 Å². The van der Waals surface area contributed by atoms with Crippen molar-refractivity contribution in [2.24, 2.45) is 0 Å². The number of hydrogen-bond donors (Lipinski definition) is 1. The molecule has 24 heavy (non-hydrogen) atoms. The largest absolute Gasteiger partial charge is 0.484 e. The van der Waals surface area contributed by atoms with Gasteiger partial charge in [-0.1, -0.05) is 12.1 Å². The summed E-state index contributed by atoms with van der Waals surface area (Å²) in [6.07, 6.45) is 1.49. The Morgan fingerprint density at radius 2 is 2.04 bits per heavy atom. The number of hydrogen-bond acceptors (Lipinski definition) is 5. The quantitative estimate of drug-likeness (QED) is 0.779. The van der Waals surface area contributed by atoms with Crippen LogP contribution in [0.15, 0.2) is 48.8 Å². The van der Waals surface area contributed by atoms with Crippen molar-refractivity contribution in [3.8, 4) is 11.4 Å². The smallest absolute Gasteiger partial charge is 0.262 e. The maximum atomic E-state index is 12.1. The van der Waals surface area contributed by atoms with Crippen molar-refractivity contribution in [3.63, 3.8) is 0 Å². The number of aromatic nitrogens is 4. The second-order valence-corrected chi connectivity index (χ2v) is 5.39. The summed E-state index contributed by atoms with van der Waals surface area (Å²) in [4.78, 5) is 12.1. The third-order valence-electron chi connectivity index (χ3n) is 3.59. The second kappa shape index (κ2) is 6.91. The van der Waals surface area contributed by atoms with Crippen LogP contribution in [-0.4, -0.2) is 32.7 Å². The van der Waals surface area contributed by atoms with Gasteiger partial charge in [0.15, 0.2) is 6.61 Å². The molecule has 0 aliphatic carbocycles. The Bertz CT molecular complexity index is 846. The first-order valence-corrected chi connectivity index (χ1v) is 7.45. The molecule has 3 aromatic rings. The molecule has 1 amide bonds. The van der Waals surface area contributed by atoms with Crippen molar-refractivity contribution in [1.82, 2.24) is 20.2 Å². The van der Waals surface area contributed by atoms with Gasteiger partial charge in [-0.2, -0.15) is 0 Å². The van der Waals surface area contributed by atoms with Crippen LogP contribution in [0.5, 0.6) is 5.75 Å². The summed E-state index contributed by atoms with van der Waals surface area (Å²) in [7, 11) is 0. The molecule has 0 fully saturated rings. The van der Waals surface area contributed by atoms with E-state index in [4.69, 9.17) is 4.74 Å². The van der Waals surface area contributed by atoms with Crippen LogP contribution in [0.25, 0.3) is 5.69 Å². The zero-order chi connectivity index (χ0) is 16.9. The Labute approximate surface area is 139 Å². The minimum Gasteiger partial charge on any atom is -0.484 e. The van der Waals surface area contributed by atoms with E-state index < -0.39 is 0 Å². The minimum atomic E-state index is -0.234. The van der Waals surface area contributed by atoms with E-state index in [2.05, 4.69) is 20.8 Å². The molecule has 1 aromatic heterocycles. The molecule has 3 rings (SSSR count). The van der Waals surface area contributed by atoms with Gasteiger partial charge in [0.2, 0.25) is 0 Å². The highest BCUT2D eigenvalue weighted by molar-refractivity contribution is 5.92. The van der Waals surface area contributed by atoms with Gasteiger partial charge in [-0.15, -0.1) is 5.10 Å². The first kappa shape index (κ1) is 15.7. The van der Waals surface area contributed by atoms with Gasteiger partial charge in [0.25, 0.3) is 5.91 Å². The molecule has 2 aromatic carbocycles. The van der Waals surface area contributed by atoms with E-state index in [1.807, 2.05) is 44.2 Å². The molecule has 0 bridgehead atoms. The van der Waals surface area contributed by atoms with Gasteiger partial charge in [-0.3, -0.25) is 4.79 Å². The lowest BCUT2D eigenvalue weighted by Crippen LogP contribution is -2.20. The number of amides is 1. The third-order valence-corrected chi connectivity index (χ3v) is 3.59. The second-order valence-electron chi connectivity index (χ2n) is 5.39. The van der Waals surface area contributed by atoms with Crippen molar-refractivity contribution in [2.45, 2.75) is 13.8 Å². The molecule has 7 heteroatoms. The van der Waals surface area contributed by atoms with Crippen LogP contribution in [0.3, 0.4) is 0 Å². The molecule has 0 aliphatic heterocycles. The predicted molar refractivity (Wildman–Crippen MR) is 89.2 cm³/mol. The lowest BCUT2D eigenvalue weighted by atomic mass is 10.1. The lowest BCUT2D eigenvalue weighted by molar-refractivity contribution is -0.118. The van der Waals surface area contributed by atoms with E-state index in [1.54, 1.807) is 12.1 Å². The summed E-state index contributed by atoms with van der Waals surface area (Å²) in [6.45, 7) is 3.98. The first-order valence-electron chi connectivity index (χ1n) is 7.45. The summed E-state index contributed by atoms with van der Waals surface area (Å²) in [5, 5.41) is 13.8. The van der Waals surface area contributed by atoms with E-state index in [0.29, 0.717) is 11.4 Å². The number of carbonyl (C=O) groups is 1. The number of aryl methyl sites for hydroxylation is 2. The molecule has 0 saturated carbocycles. The fourth-order valence-corrected chi connectivity index (χ4v) is 2.16. The Morgan fingerprint density at radius 1 is 1.17 bits per heavy atom. The third kappa shape index (κ3) is 3.75. The van der Waals surface area contributed by atoms with E-state index in [-0.39, 0.29) is 12.5 Å². The molecule has 0 atom stereocenters. The number of nitrogens with one attached hydrogen (secondary N) is 1. The van der Waals surface area contributed by atoms with Gasteiger partial charge in [-0.25, -0.2) is 4.68 Å². The maximum Gasteiger partial charge on any atom is 0.262 e. The fourth-order valence-electron chi connectivity index (χ4n) is 2.16. The van der Waals surface area contributed by atoms with E-state index in [0.717, 1.165) is 11.3 Å². The summed E-state index contributed by atoms with van der Waals surface area (Å²) >= 11 is 0. The van der Waals surface area contributed by atoms with Crippen LogP contribution in [0.1, 0.15) is 11.1 Å². The Balaban J connectivity index is 1.60. The van der Waals surface area contributed by atoms with Gasteiger partial charge in [0, 0.05) is 5.69 Å². The van der Waals surface area contributed by atoms with E-state index in [1.165, 1.54) is 16.6 Å². The Morgan fingerprint density at radius 3 is 2.79 bits per heavy atom. The number of benzene rings is 2. The van der Waals surface area contributed by atoms with Gasteiger partial charge in [0.05, 0.1) is 5.69 Å². The summed E-state index contributed by atoms with van der Waals surface area (Å²) in [5.74, 6) is 0.442. The van der Waals surface area contributed by atoms with Crippen molar-refractivity contribution in [1.29, 1.82) is 0 Å². The van der Waals surface area contributed by atoms with Gasteiger partial charge in [-0.05, 0) is 65.7 Å². The molecule has 0 spiro atoms. The highest BCUT2D eigenvalue weighted by Crippen LogP contribution is 2.17. The predicted octanol–water partition coefficient (Wildman–Crippen LogP) is 2.30. The van der Waals surface area contributed by atoms with Crippen LogP contribution < -0.4 is 10.1 Å². The molecule has 0 radical (unpaired) electrons. The molecule has 1 N–H and O–H groups in total. The average molecular weight is 323 g/mol. The van der Waals surface area contributed by atoms with Crippen LogP contribution >= 0.6 is 0 Å². The zero-order valence-corrected chi connectivity index (χ0v) is 13.4. The average Bonchev–Trinajstić information content (AvgIpc) is 3.11. The van der Waals surface area contributed by atoms with Crippen molar-refractivity contribution >= 4 is 11.6 Å². The normalized spacial score (nSPS) is 10.4. The fraction of sp³-hybridized carbons (Fsp3) is 0.176. The first-order chi connectivity index (χ1) is 11.6. The highest BCUT2D eigenvalue weighted by Gasteiger charge is 2.06. The number of ether oxygens (including phenoxy) is 1. The maximum absolute atomic E-state index is 12.1. The summed E-state index contributed by atoms with van der Waals surface area (Å²) in [5.41, 5.74) is 3.72. The van der Waals surface area contributed by atoms with Crippen molar-refractivity contribution in [2.75, 3.05) is 11.9 Å². The number of anilines is 1.